The number of aromatic nitrogens is 1. The third kappa shape index (κ3) is 3.31. The van der Waals surface area contributed by atoms with Gasteiger partial charge in [0.15, 0.2) is 0 Å². The van der Waals surface area contributed by atoms with Crippen molar-refractivity contribution in [2.24, 2.45) is 0 Å². The molecule has 0 saturated carbocycles. The Balaban J connectivity index is 2.56. The topological polar surface area (TPSA) is 45.2 Å². The first-order valence-electron chi connectivity index (χ1n) is 5.36. The minimum absolute atomic E-state index is 0.0772. The monoisotopic (exact) mass is 221 g/mol. The Kier molecular flexibility index (Phi) is 4.43. The molecule has 88 valence electrons. The molecule has 0 bridgehead atoms. The molecular formula is C12H19N3O. The zero-order valence-corrected chi connectivity index (χ0v) is 10.3. The quantitative estimate of drug-likeness (QED) is 0.829. The van der Waals surface area contributed by atoms with Gasteiger partial charge in [0.1, 0.15) is 0 Å². The minimum atomic E-state index is 0.0772. The molecule has 1 N–H and O–H groups in total. The van der Waals surface area contributed by atoms with Gasteiger partial charge in [-0.2, -0.15) is 0 Å². The van der Waals surface area contributed by atoms with Crippen LogP contribution in [0.3, 0.4) is 0 Å². The molecule has 0 spiro atoms. The average Bonchev–Trinajstić information content (AvgIpc) is 2.25. The molecule has 4 nitrogen and oxygen atoms in total. The summed E-state index contributed by atoms with van der Waals surface area (Å²) in [7, 11) is 3.51. The fourth-order valence-electron chi connectivity index (χ4n) is 1.44. The van der Waals surface area contributed by atoms with Crippen LogP contribution in [0.4, 0.5) is 0 Å². The highest BCUT2D eigenvalue weighted by Crippen LogP contribution is 2.14. The van der Waals surface area contributed by atoms with Crippen molar-refractivity contribution in [2.75, 3.05) is 20.6 Å². The van der Waals surface area contributed by atoms with E-state index in [0.717, 1.165) is 5.56 Å². The van der Waals surface area contributed by atoms with Crippen molar-refractivity contribution in [1.82, 2.24) is 15.2 Å². The smallest absolute Gasteiger partial charge is 0.236 e. The predicted octanol–water partition coefficient (Wildman–Crippen LogP) is 1.13. The van der Waals surface area contributed by atoms with Gasteiger partial charge < -0.3 is 10.2 Å². The second-order valence-electron chi connectivity index (χ2n) is 4.12. The first-order chi connectivity index (χ1) is 7.52. The highest BCUT2D eigenvalue weighted by molar-refractivity contribution is 5.77. The maximum Gasteiger partial charge on any atom is 0.236 e. The highest BCUT2D eigenvalue weighted by atomic mass is 16.2. The summed E-state index contributed by atoms with van der Waals surface area (Å²) >= 11 is 0. The van der Waals surface area contributed by atoms with Gasteiger partial charge in [-0.15, -0.1) is 0 Å². The van der Waals surface area contributed by atoms with E-state index in [1.54, 1.807) is 25.2 Å². The van der Waals surface area contributed by atoms with Crippen LogP contribution in [-0.4, -0.2) is 36.4 Å². The number of carbonyl (C=O) groups is 1. The van der Waals surface area contributed by atoms with Gasteiger partial charge in [0.2, 0.25) is 5.91 Å². The molecule has 1 aromatic rings. The average molecular weight is 221 g/mol. The number of amides is 1. The predicted molar refractivity (Wildman–Crippen MR) is 64.1 cm³/mol. The maximum absolute atomic E-state index is 11.4. The molecule has 1 amide bonds. The largest absolute Gasteiger partial charge is 0.348 e. The van der Waals surface area contributed by atoms with E-state index < -0.39 is 0 Å². The molecule has 16 heavy (non-hydrogen) atoms. The minimum Gasteiger partial charge on any atom is -0.348 e. The first-order valence-corrected chi connectivity index (χ1v) is 5.36. The number of nitrogens with one attached hydrogen (secondary N) is 1. The zero-order valence-electron chi connectivity index (χ0n) is 10.3. The zero-order chi connectivity index (χ0) is 12.1. The van der Waals surface area contributed by atoms with Crippen molar-refractivity contribution in [3.8, 4) is 0 Å². The van der Waals surface area contributed by atoms with Gasteiger partial charge >= 0.3 is 0 Å². The molecule has 1 atom stereocenters. The molecule has 0 aliphatic carbocycles. The standard InChI is InChI=1S/C12H19N3O/c1-9-5-6-13-7-11(9)10(2)14-8-12(16)15(3)4/h5-7,10,14H,8H2,1-4H3. The van der Waals surface area contributed by atoms with Crippen LogP contribution in [0.2, 0.25) is 0 Å². The van der Waals surface area contributed by atoms with Crippen molar-refractivity contribution in [3.63, 3.8) is 0 Å². The Morgan fingerprint density at radius 3 is 2.81 bits per heavy atom. The van der Waals surface area contributed by atoms with Crippen LogP contribution in [0.25, 0.3) is 0 Å². The summed E-state index contributed by atoms with van der Waals surface area (Å²) in [5, 5.41) is 3.19. The second kappa shape index (κ2) is 5.61. The van der Waals surface area contributed by atoms with Gasteiger partial charge in [0.25, 0.3) is 0 Å². The second-order valence-corrected chi connectivity index (χ2v) is 4.12. The Morgan fingerprint density at radius 1 is 1.56 bits per heavy atom. The lowest BCUT2D eigenvalue weighted by Gasteiger charge is -2.17. The van der Waals surface area contributed by atoms with Gasteiger partial charge in [-0.25, -0.2) is 0 Å². The third-order valence-electron chi connectivity index (χ3n) is 2.60. The lowest BCUT2D eigenvalue weighted by molar-refractivity contribution is -0.127. The lowest BCUT2D eigenvalue weighted by Crippen LogP contribution is -2.34. The van der Waals surface area contributed by atoms with Crippen molar-refractivity contribution in [3.05, 3.63) is 29.6 Å². The third-order valence-corrected chi connectivity index (χ3v) is 2.60. The summed E-state index contributed by atoms with van der Waals surface area (Å²) in [4.78, 5) is 17.1. The van der Waals surface area contributed by atoms with E-state index in [2.05, 4.69) is 10.3 Å². The van der Waals surface area contributed by atoms with E-state index in [9.17, 15) is 4.79 Å². The van der Waals surface area contributed by atoms with Gasteiger partial charge in [0.05, 0.1) is 6.54 Å². The van der Waals surface area contributed by atoms with Crippen LogP contribution in [0.1, 0.15) is 24.1 Å². The normalized spacial score (nSPS) is 12.2. The van der Waals surface area contributed by atoms with E-state index >= 15 is 0 Å². The van der Waals surface area contributed by atoms with Gasteiger partial charge in [-0.3, -0.25) is 9.78 Å². The number of likely N-dealkylation sites (N-methyl/N-ethyl adjacent to an activating group) is 1. The summed E-state index contributed by atoms with van der Waals surface area (Å²) in [6.45, 7) is 4.43. The number of rotatable bonds is 4. The van der Waals surface area contributed by atoms with Gasteiger partial charge in [-0.1, -0.05) is 0 Å². The van der Waals surface area contributed by atoms with E-state index in [1.165, 1.54) is 5.56 Å². The molecule has 0 fully saturated rings. The van der Waals surface area contributed by atoms with Crippen molar-refractivity contribution in [2.45, 2.75) is 19.9 Å². The molecule has 0 radical (unpaired) electrons. The fourth-order valence-corrected chi connectivity index (χ4v) is 1.44. The van der Waals surface area contributed by atoms with E-state index in [0.29, 0.717) is 6.54 Å². The summed E-state index contributed by atoms with van der Waals surface area (Å²) in [6.07, 6.45) is 3.61. The molecule has 0 saturated heterocycles. The first kappa shape index (κ1) is 12.6. The Morgan fingerprint density at radius 2 is 2.25 bits per heavy atom. The molecule has 0 aliphatic heterocycles. The maximum atomic E-state index is 11.4. The van der Waals surface area contributed by atoms with Crippen LogP contribution in [0, 0.1) is 6.92 Å². The van der Waals surface area contributed by atoms with Gasteiger partial charge in [-0.05, 0) is 31.0 Å². The number of pyridine rings is 1. The fraction of sp³-hybridized carbons (Fsp3) is 0.500. The Hall–Kier alpha value is -1.42. The molecule has 1 unspecified atom stereocenters. The van der Waals surface area contributed by atoms with Crippen molar-refractivity contribution >= 4 is 5.91 Å². The number of hydrogen-bond donors (Lipinski definition) is 1. The van der Waals surface area contributed by atoms with Crippen molar-refractivity contribution < 1.29 is 4.79 Å². The molecule has 1 aromatic heterocycles. The molecule has 1 heterocycles. The highest BCUT2D eigenvalue weighted by Gasteiger charge is 2.10. The SMILES string of the molecule is Cc1ccncc1C(C)NCC(=O)N(C)C. The molecule has 4 heteroatoms. The number of hydrogen-bond acceptors (Lipinski definition) is 3. The van der Waals surface area contributed by atoms with Crippen LogP contribution in [0.5, 0.6) is 0 Å². The van der Waals surface area contributed by atoms with E-state index in [-0.39, 0.29) is 11.9 Å². The Bertz CT molecular complexity index is 363. The summed E-state index contributed by atoms with van der Waals surface area (Å²) in [6, 6.07) is 2.11. The van der Waals surface area contributed by atoms with Crippen molar-refractivity contribution in [1.29, 1.82) is 0 Å². The molecule has 0 aliphatic rings. The van der Waals surface area contributed by atoms with Crippen LogP contribution in [0.15, 0.2) is 18.5 Å². The van der Waals surface area contributed by atoms with E-state index in [4.69, 9.17) is 0 Å². The van der Waals surface area contributed by atoms with Crippen LogP contribution < -0.4 is 5.32 Å². The van der Waals surface area contributed by atoms with Crippen LogP contribution in [-0.2, 0) is 4.79 Å². The summed E-state index contributed by atoms with van der Waals surface area (Å²) in [5.74, 6) is 0.0772. The number of nitrogens with zero attached hydrogens (tertiary/aromatic N) is 2. The van der Waals surface area contributed by atoms with Gasteiger partial charge in [0, 0.05) is 32.5 Å². The summed E-state index contributed by atoms with van der Waals surface area (Å²) < 4.78 is 0. The lowest BCUT2D eigenvalue weighted by atomic mass is 10.1. The molecular weight excluding hydrogens is 202 g/mol. The Labute approximate surface area is 96.7 Å². The molecule has 1 rings (SSSR count). The number of carbonyl (C=O) groups excluding carboxylic acids is 1. The van der Waals surface area contributed by atoms with E-state index in [1.807, 2.05) is 26.1 Å². The molecule has 0 aromatic carbocycles. The summed E-state index contributed by atoms with van der Waals surface area (Å²) in [5.41, 5.74) is 2.32. The number of aryl methyl sites for hydroxylation is 1. The van der Waals surface area contributed by atoms with Crippen LogP contribution >= 0.6 is 0 Å².